The summed E-state index contributed by atoms with van der Waals surface area (Å²) in [6, 6.07) is 4.34. The van der Waals surface area contributed by atoms with Crippen molar-refractivity contribution in [2.45, 2.75) is 32.7 Å². The van der Waals surface area contributed by atoms with Crippen LogP contribution in [-0.4, -0.2) is 16.2 Å². The van der Waals surface area contributed by atoms with Crippen molar-refractivity contribution in [2.75, 3.05) is 0 Å². The molecule has 0 aliphatic heterocycles. The second-order valence-electron chi connectivity index (χ2n) is 5.23. The lowest BCUT2D eigenvalue weighted by Crippen LogP contribution is -2.24. The van der Waals surface area contributed by atoms with Crippen molar-refractivity contribution in [3.05, 3.63) is 34.4 Å². The Bertz CT molecular complexity index is 586. The minimum atomic E-state index is -0.342. The molecular weight excluding hydrogens is 325 g/mol. The molecule has 0 bridgehead atoms. The van der Waals surface area contributed by atoms with Gasteiger partial charge in [0.2, 0.25) is 11.7 Å². The lowest BCUT2D eigenvalue weighted by atomic mass is 10.0. The Morgan fingerprint density at radius 3 is 2.85 bits per heavy atom. The average Bonchev–Trinajstić information content (AvgIpc) is 2.79. The summed E-state index contributed by atoms with van der Waals surface area (Å²) >= 11 is 3.35. The van der Waals surface area contributed by atoms with Crippen LogP contribution in [0, 0.1) is 11.7 Å². The lowest BCUT2D eigenvalue weighted by molar-refractivity contribution is 0.359. The van der Waals surface area contributed by atoms with E-state index in [9.17, 15) is 4.39 Å². The molecule has 2 aromatic rings. The molecule has 6 heteroatoms. The van der Waals surface area contributed by atoms with Gasteiger partial charge in [0.15, 0.2) is 0 Å². The zero-order chi connectivity index (χ0) is 14.7. The molecule has 0 saturated heterocycles. The molecule has 2 rings (SSSR count). The van der Waals surface area contributed by atoms with E-state index in [0.717, 1.165) is 10.9 Å². The highest BCUT2D eigenvalue weighted by Gasteiger charge is 2.15. The lowest BCUT2D eigenvalue weighted by Gasteiger charge is -2.10. The predicted octanol–water partition coefficient (Wildman–Crippen LogP) is 3.55. The highest BCUT2D eigenvalue weighted by atomic mass is 79.9. The van der Waals surface area contributed by atoms with Crippen molar-refractivity contribution in [2.24, 2.45) is 11.7 Å². The topological polar surface area (TPSA) is 64.9 Å². The largest absolute Gasteiger partial charge is 0.339 e. The molecule has 108 valence electrons. The smallest absolute Gasteiger partial charge is 0.228 e. The van der Waals surface area contributed by atoms with Gasteiger partial charge in [0, 0.05) is 22.5 Å². The summed E-state index contributed by atoms with van der Waals surface area (Å²) < 4.78 is 19.2. The number of benzene rings is 1. The van der Waals surface area contributed by atoms with Crippen molar-refractivity contribution in [3.8, 4) is 11.4 Å². The molecule has 20 heavy (non-hydrogen) atoms. The molecule has 1 aromatic heterocycles. The van der Waals surface area contributed by atoms with Crippen molar-refractivity contribution in [1.82, 2.24) is 10.1 Å². The number of nitrogens with two attached hydrogens (primary N) is 1. The molecular formula is C14H17BrFN3O. The third-order valence-electron chi connectivity index (χ3n) is 2.85. The minimum absolute atomic E-state index is 0.0146. The first-order valence-corrected chi connectivity index (χ1v) is 7.28. The first-order chi connectivity index (χ1) is 9.45. The quantitative estimate of drug-likeness (QED) is 0.902. The summed E-state index contributed by atoms with van der Waals surface area (Å²) in [5.74, 6) is 1.02. The molecule has 0 saturated carbocycles. The number of hydrogen-bond donors (Lipinski definition) is 1. The number of nitrogens with zero attached hydrogens (tertiary/aromatic N) is 2. The highest BCUT2D eigenvalue weighted by Crippen LogP contribution is 2.27. The Labute approximate surface area is 125 Å². The maximum Gasteiger partial charge on any atom is 0.228 e. The first-order valence-electron chi connectivity index (χ1n) is 6.49. The second kappa shape index (κ2) is 6.45. The van der Waals surface area contributed by atoms with Crippen molar-refractivity contribution >= 4 is 15.9 Å². The van der Waals surface area contributed by atoms with E-state index in [-0.39, 0.29) is 11.9 Å². The molecule has 1 atom stereocenters. The second-order valence-corrected chi connectivity index (χ2v) is 6.08. The molecule has 0 aliphatic carbocycles. The fourth-order valence-electron chi connectivity index (χ4n) is 2.03. The van der Waals surface area contributed by atoms with E-state index in [4.69, 9.17) is 10.3 Å². The van der Waals surface area contributed by atoms with E-state index in [1.54, 1.807) is 6.07 Å². The molecule has 0 fully saturated rings. The number of aromatic nitrogens is 2. The molecule has 1 heterocycles. The Hall–Kier alpha value is -1.27. The Kier molecular flexibility index (Phi) is 4.88. The molecule has 0 spiro atoms. The molecule has 1 unspecified atom stereocenters. The first kappa shape index (κ1) is 15.1. The molecule has 0 aliphatic rings. The summed E-state index contributed by atoms with van der Waals surface area (Å²) in [6.45, 7) is 4.23. The van der Waals surface area contributed by atoms with Crippen LogP contribution in [-0.2, 0) is 6.42 Å². The van der Waals surface area contributed by atoms with E-state index in [1.807, 2.05) is 0 Å². The van der Waals surface area contributed by atoms with Crippen LogP contribution in [0.2, 0.25) is 0 Å². The van der Waals surface area contributed by atoms with Gasteiger partial charge in [-0.15, -0.1) is 0 Å². The zero-order valence-electron chi connectivity index (χ0n) is 11.4. The predicted molar refractivity (Wildman–Crippen MR) is 78.5 cm³/mol. The van der Waals surface area contributed by atoms with Gasteiger partial charge in [-0.25, -0.2) is 4.39 Å². The molecule has 0 radical (unpaired) electrons. The van der Waals surface area contributed by atoms with Crippen molar-refractivity contribution < 1.29 is 8.91 Å². The van der Waals surface area contributed by atoms with Crippen LogP contribution in [0.3, 0.4) is 0 Å². The van der Waals surface area contributed by atoms with Gasteiger partial charge in [-0.05, 0) is 30.5 Å². The van der Waals surface area contributed by atoms with Crippen LogP contribution in [0.4, 0.5) is 4.39 Å². The average molecular weight is 342 g/mol. The van der Waals surface area contributed by atoms with E-state index < -0.39 is 0 Å². The van der Waals surface area contributed by atoms with Crippen LogP contribution in [0.1, 0.15) is 26.2 Å². The van der Waals surface area contributed by atoms with E-state index in [0.29, 0.717) is 29.6 Å². The maximum absolute atomic E-state index is 13.3. The standard InChI is InChI=1S/C14H17BrFN3O/c1-8(2)5-10(17)7-13-18-14(19-20-13)11-6-9(16)3-4-12(11)15/h3-4,6,8,10H,5,7,17H2,1-2H3. The van der Waals surface area contributed by atoms with Crippen LogP contribution in [0.15, 0.2) is 27.2 Å². The normalized spacial score (nSPS) is 12.9. The van der Waals surface area contributed by atoms with Crippen LogP contribution < -0.4 is 5.73 Å². The summed E-state index contributed by atoms with van der Waals surface area (Å²) in [4.78, 5) is 4.28. The van der Waals surface area contributed by atoms with Crippen LogP contribution in [0.5, 0.6) is 0 Å². The van der Waals surface area contributed by atoms with Gasteiger partial charge >= 0.3 is 0 Å². The summed E-state index contributed by atoms with van der Waals surface area (Å²) in [7, 11) is 0. The van der Waals surface area contributed by atoms with Crippen LogP contribution in [0.25, 0.3) is 11.4 Å². The maximum atomic E-state index is 13.3. The van der Waals surface area contributed by atoms with Gasteiger partial charge in [-0.3, -0.25) is 0 Å². The number of rotatable bonds is 5. The number of halogens is 2. The van der Waals surface area contributed by atoms with Gasteiger partial charge in [0.05, 0.1) is 0 Å². The Morgan fingerprint density at radius 2 is 2.15 bits per heavy atom. The van der Waals surface area contributed by atoms with Gasteiger partial charge in [0.25, 0.3) is 0 Å². The van der Waals surface area contributed by atoms with Crippen LogP contribution >= 0.6 is 15.9 Å². The van der Waals surface area contributed by atoms with E-state index in [1.165, 1.54) is 12.1 Å². The third-order valence-corrected chi connectivity index (χ3v) is 3.54. The molecule has 1 aromatic carbocycles. The molecule has 2 N–H and O–H groups in total. The van der Waals surface area contributed by atoms with Crippen molar-refractivity contribution in [3.63, 3.8) is 0 Å². The minimum Gasteiger partial charge on any atom is -0.339 e. The fourth-order valence-corrected chi connectivity index (χ4v) is 2.45. The third kappa shape index (κ3) is 3.86. The Balaban J connectivity index is 2.14. The fraction of sp³-hybridized carbons (Fsp3) is 0.429. The zero-order valence-corrected chi connectivity index (χ0v) is 13.0. The summed E-state index contributed by atoms with van der Waals surface area (Å²) in [6.07, 6.45) is 1.42. The molecule has 4 nitrogen and oxygen atoms in total. The number of hydrogen-bond acceptors (Lipinski definition) is 4. The van der Waals surface area contributed by atoms with Gasteiger partial charge in [0.1, 0.15) is 5.82 Å². The Morgan fingerprint density at radius 1 is 1.40 bits per heavy atom. The summed E-state index contributed by atoms with van der Waals surface area (Å²) in [5, 5.41) is 3.88. The van der Waals surface area contributed by atoms with Gasteiger partial charge < -0.3 is 10.3 Å². The van der Waals surface area contributed by atoms with Gasteiger partial charge in [-0.1, -0.05) is 34.9 Å². The van der Waals surface area contributed by atoms with Gasteiger partial charge in [-0.2, -0.15) is 4.98 Å². The highest BCUT2D eigenvalue weighted by molar-refractivity contribution is 9.10. The van der Waals surface area contributed by atoms with E-state index in [2.05, 4.69) is 39.9 Å². The van der Waals surface area contributed by atoms with Crippen molar-refractivity contribution in [1.29, 1.82) is 0 Å². The molecule has 0 amide bonds. The summed E-state index contributed by atoms with van der Waals surface area (Å²) in [5.41, 5.74) is 6.58. The monoisotopic (exact) mass is 341 g/mol. The SMILES string of the molecule is CC(C)CC(N)Cc1nc(-c2cc(F)ccc2Br)no1. The van der Waals surface area contributed by atoms with E-state index >= 15 is 0 Å².